The lowest BCUT2D eigenvalue weighted by atomic mass is 10.1. The highest BCUT2D eigenvalue weighted by atomic mass is 16.5. The highest BCUT2D eigenvalue weighted by Crippen LogP contribution is 2.29. The van der Waals surface area contributed by atoms with Crippen molar-refractivity contribution in [1.29, 1.82) is 0 Å². The second-order valence-electron chi connectivity index (χ2n) is 6.56. The molecule has 0 saturated heterocycles. The number of methoxy groups -OCH3 is 3. The van der Waals surface area contributed by atoms with Crippen LogP contribution >= 0.6 is 0 Å². The molecular formula is C23H24O8. The lowest BCUT2D eigenvalue weighted by Crippen LogP contribution is -2.10. The summed E-state index contributed by atoms with van der Waals surface area (Å²) in [5, 5.41) is 0. The van der Waals surface area contributed by atoms with Crippen LogP contribution in [0.15, 0.2) is 42.5 Å². The van der Waals surface area contributed by atoms with Gasteiger partial charge < -0.3 is 23.7 Å². The third-order valence-electron chi connectivity index (χ3n) is 3.93. The van der Waals surface area contributed by atoms with E-state index in [1.807, 2.05) is 13.8 Å². The summed E-state index contributed by atoms with van der Waals surface area (Å²) in [6.07, 6.45) is 2.73. The van der Waals surface area contributed by atoms with Gasteiger partial charge in [0.25, 0.3) is 0 Å². The van der Waals surface area contributed by atoms with Crippen LogP contribution in [0.5, 0.6) is 17.2 Å². The van der Waals surface area contributed by atoms with Crippen molar-refractivity contribution in [3.8, 4) is 17.2 Å². The van der Waals surface area contributed by atoms with Crippen LogP contribution in [0.1, 0.15) is 40.1 Å². The Morgan fingerprint density at radius 1 is 0.839 bits per heavy atom. The van der Waals surface area contributed by atoms with Crippen molar-refractivity contribution >= 4 is 24.0 Å². The zero-order valence-corrected chi connectivity index (χ0v) is 18.0. The van der Waals surface area contributed by atoms with E-state index >= 15 is 0 Å². The Hall–Kier alpha value is -3.81. The molecule has 0 spiro atoms. The van der Waals surface area contributed by atoms with Gasteiger partial charge in [0.2, 0.25) is 0 Å². The number of hydrogen-bond acceptors (Lipinski definition) is 8. The summed E-state index contributed by atoms with van der Waals surface area (Å²) in [4.78, 5) is 35.9. The number of rotatable bonds is 8. The molecule has 2 rings (SSSR count). The van der Waals surface area contributed by atoms with E-state index in [1.165, 1.54) is 51.7 Å². The van der Waals surface area contributed by atoms with Gasteiger partial charge in [-0.15, -0.1) is 0 Å². The van der Waals surface area contributed by atoms with Gasteiger partial charge >= 0.3 is 17.9 Å². The first-order valence-electron chi connectivity index (χ1n) is 9.33. The smallest absolute Gasteiger partial charge is 0.338 e. The van der Waals surface area contributed by atoms with Crippen molar-refractivity contribution in [3.63, 3.8) is 0 Å². The SMILES string of the molecule is COC(=O)c1cc(OC(=O)/C=C/c2ccc(OC(C)C)c(OC)c2)cc(C(=O)OC)c1. The van der Waals surface area contributed by atoms with Gasteiger partial charge in [-0.2, -0.15) is 0 Å². The Kier molecular flexibility index (Phi) is 8.19. The summed E-state index contributed by atoms with van der Waals surface area (Å²) in [5.74, 6) is -0.968. The molecule has 2 aromatic carbocycles. The van der Waals surface area contributed by atoms with Gasteiger partial charge in [0, 0.05) is 6.08 Å². The van der Waals surface area contributed by atoms with Crippen LogP contribution < -0.4 is 14.2 Å². The first kappa shape index (κ1) is 23.5. The van der Waals surface area contributed by atoms with Gasteiger partial charge in [0.15, 0.2) is 11.5 Å². The molecule has 0 saturated carbocycles. The number of ether oxygens (including phenoxy) is 5. The minimum Gasteiger partial charge on any atom is -0.493 e. The van der Waals surface area contributed by atoms with Crippen LogP contribution in [0.2, 0.25) is 0 Å². The molecule has 8 nitrogen and oxygen atoms in total. The molecule has 0 aliphatic heterocycles. The van der Waals surface area contributed by atoms with Gasteiger partial charge in [-0.05, 0) is 55.8 Å². The van der Waals surface area contributed by atoms with Gasteiger partial charge in [-0.25, -0.2) is 14.4 Å². The van der Waals surface area contributed by atoms with E-state index in [1.54, 1.807) is 18.2 Å². The molecule has 0 aliphatic rings. The Bertz CT molecular complexity index is 957. The summed E-state index contributed by atoms with van der Waals surface area (Å²) < 4.78 is 25.5. The van der Waals surface area contributed by atoms with Gasteiger partial charge in [-0.3, -0.25) is 0 Å². The highest BCUT2D eigenvalue weighted by Gasteiger charge is 2.15. The maximum atomic E-state index is 12.3. The van der Waals surface area contributed by atoms with E-state index in [0.29, 0.717) is 17.1 Å². The van der Waals surface area contributed by atoms with Gasteiger partial charge in [0.1, 0.15) is 5.75 Å². The zero-order valence-electron chi connectivity index (χ0n) is 18.0. The zero-order chi connectivity index (χ0) is 23.0. The first-order valence-corrected chi connectivity index (χ1v) is 9.33. The van der Waals surface area contributed by atoms with E-state index in [4.69, 9.17) is 14.2 Å². The Morgan fingerprint density at radius 3 is 1.97 bits per heavy atom. The standard InChI is InChI=1S/C23H24O8/c1-14(2)30-19-8-6-15(10-20(19)27-3)7-9-21(24)31-18-12-16(22(25)28-4)11-17(13-18)23(26)29-5/h6-14H,1-5H3/b9-7+. The second kappa shape index (κ2) is 10.8. The molecule has 0 aromatic heterocycles. The molecule has 8 heteroatoms. The predicted molar refractivity (Wildman–Crippen MR) is 113 cm³/mol. The fourth-order valence-electron chi connectivity index (χ4n) is 2.58. The lowest BCUT2D eigenvalue weighted by molar-refractivity contribution is -0.128. The van der Waals surface area contributed by atoms with Crippen LogP contribution in [0.4, 0.5) is 0 Å². The van der Waals surface area contributed by atoms with Crippen molar-refractivity contribution in [1.82, 2.24) is 0 Å². The average molecular weight is 428 g/mol. The number of hydrogen-bond donors (Lipinski definition) is 0. The Morgan fingerprint density at radius 2 is 1.45 bits per heavy atom. The predicted octanol–water partition coefficient (Wildman–Crippen LogP) is 3.67. The fraction of sp³-hybridized carbons (Fsp3) is 0.261. The molecule has 2 aromatic rings. The second-order valence-corrected chi connectivity index (χ2v) is 6.56. The normalized spacial score (nSPS) is 10.6. The Labute approximate surface area is 180 Å². The minimum absolute atomic E-state index is 0.00351. The van der Waals surface area contributed by atoms with Crippen molar-refractivity contribution < 1.29 is 38.1 Å². The monoisotopic (exact) mass is 428 g/mol. The van der Waals surface area contributed by atoms with Crippen LogP contribution in [0.25, 0.3) is 6.08 Å². The number of carbonyl (C=O) groups excluding carboxylic acids is 3. The summed E-state index contributed by atoms with van der Waals surface area (Å²) in [6, 6.07) is 9.10. The quantitative estimate of drug-likeness (QED) is 0.357. The molecule has 0 atom stereocenters. The maximum absolute atomic E-state index is 12.3. The maximum Gasteiger partial charge on any atom is 0.338 e. The number of carbonyl (C=O) groups is 3. The topological polar surface area (TPSA) is 97.4 Å². The van der Waals surface area contributed by atoms with Crippen LogP contribution in [-0.4, -0.2) is 45.3 Å². The summed E-state index contributed by atoms with van der Waals surface area (Å²) >= 11 is 0. The molecule has 0 amide bonds. The highest BCUT2D eigenvalue weighted by molar-refractivity contribution is 5.96. The summed E-state index contributed by atoms with van der Waals surface area (Å²) in [6.45, 7) is 3.81. The molecule has 0 radical (unpaired) electrons. The molecule has 0 unspecified atom stereocenters. The van der Waals surface area contributed by atoms with Gasteiger partial charge in [0.05, 0.1) is 38.6 Å². The van der Waals surface area contributed by atoms with E-state index in [2.05, 4.69) is 9.47 Å². The molecule has 0 fully saturated rings. The third kappa shape index (κ3) is 6.60. The molecule has 0 bridgehead atoms. The molecule has 0 aliphatic carbocycles. The van der Waals surface area contributed by atoms with Crippen molar-refractivity contribution in [2.45, 2.75) is 20.0 Å². The van der Waals surface area contributed by atoms with Crippen molar-refractivity contribution in [3.05, 3.63) is 59.2 Å². The number of esters is 3. The summed E-state index contributed by atoms with van der Waals surface area (Å²) in [5.41, 5.74) is 0.772. The van der Waals surface area contributed by atoms with Crippen molar-refractivity contribution in [2.75, 3.05) is 21.3 Å². The largest absolute Gasteiger partial charge is 0.493 e. The van der Waals surface area contributed by atoms with Crippen LogP contribution in [0.3, 0.4) is 0 Å². The average Bonchev–Trinajstić information content (AvgIpc) is 2.76. The van der Waals surface area contributed by atoms with Crippen LogP contribution in [0, 0.1) is 0 Å². The molecule has 0 N–H and O–H groups in total. The lowest BCUT2D eigenvalue weighted by Gasteiger charge is -2.13. The molecule has 0 heterocycles. The number of benzene rings is 2. The third-order valence-corrected chi connectivity index (χ3v) is 3.93. The van der Waals surface area contributed by atoms with Gasteiger partial charge in [-0.1, -0.05) is 6.07 Å². The molecule has 164 valence electrons. The van der Waals surface area contributed by atoms with E-state index < -0.39 is 17.9 Å². The van der Waals surface area contributed by atoms with E-state index in [0.717, 1.165) is 0 Å². The molecule has 31 heavy (non-hydrogen) atoms. The Balaban J connectivity index is 2.20. The first-order chi connectivity index (χ1) is 14.8. The van der Waals surface area contributed by atoms with E-state index in [9.17, 15) is 14.4 Å². The fourth-order valence-corrected chi connectivity index (χ4v) is 2.58. The van der Waals surface area contributed by atoms with Crippen molar-refractivity contribution in [2.24, 2.45) is 0 Å². The van der Waals surface area contributed by atoms with Crippen LogP contribution in [-0.2, 0) is 14.3 Å². The minimum atomic E-state index is -0.709. The van der Waals surface area contributed by atoms with E-state index in [-0.39, 0.29) is 23.0 Å². The summed E-state index contributed by atoms with van der Waals surface area (Å²) in [7, 11) is 3.93. The molecular weight excluding hydrogens is 404 g/mol.